The molecule has 3 rings (SSSR count). The van der Waals surface area contributed by atoms with E-state index in [4.69, 9.17) is 4.74 Å². The second-order valence-electron chi connectivity index (χ2n) is 5.81. The number of halogens is 2. The molecule has 0 amide bonds. The minimum atomic E-state index is -0.303. The molecule has 2 nitrogen and oxygen atoms in total. The van der Waals surface area contributed by atoms with E-state index in [2.05, 4.69) is 15.9 Å². The van der Waals surface area contributed by atoms with E-state index in [-0.39, 0.29) is 23.9 Å². The highest BCUT2D eigenvalue weighted by atomic mass is 79.9. The van der Waals surface area contributed by atoms with Crippen LogP contribution < -0.4 is 0 Å². The lowest BCUT2D eigenvalue weighted by Gasteiger charge is -2.32. The summed E-state index contributed by atoms with van der Waals surface area (Å²) in [6.07, 6.45) is 3.81. The van der Waals surface area contributed by atoms with Gasteiger partial charge < -0.3 is 9.84 Å². The predicted octanol–water partition coefficient (Wildman–Crippen LogP) is 3.31. The first-order chi connectivity index (χ1) is 9.14. The number of hydrogen-bond donors (Lipinski definition) is 1. The summed E-state index contributed by atoms with van der Waals surface area (Å²) < 4.78 is 20.6. The van der Waals surface area contributed by atoms with Crippen LogP contribution in [0.4, 0.5) is 4.39 Å². The van der Waals surface area contributed by atoms with Crippen molar-refractivity contribution in [2.24, 2.45) is 11.3 Å². The molecule has 2 unspecified atom stereocenters. The highest BCUT2D eigenvalue weighted by Crippen LogP contribution is 2.49. The Morgan fingerprint density at radius 3 is 2.89 bits per heavy atom. The lowest BCUT2D eigenvalue weighted by atomic mass is 9.74. The summed E-state index contributed by atoms with van der Waals surface area (Å²) in [6.45, 7) is 0.747. The van der Waals surface area contributed by atoms with E-state index in [1.807, 2.05) is 6.07 Å². The van der Waals surface area contributed by atoms with Crippen molar-refractivity contribution in [3.8, 4) is 0 Å². The summed E-state index contributed by atoms with van der Waals surface area (Å²) in [5.41, 5.74) is 0.363. The first-order valence-electron chi connectivity index (χ1n) is 6.81. The molecule has 0 spiro atoms. The summed E-state index contributed by atoms with van der Waals surface area (Å²) in [5.74, 6) is 0.363. The van der Waals surface area contributed by atoms with Gasteiger partial charge in [-0.15, -0.1) is 0 Å². The standard InChI is InChI=1S/C15H18BrFO2/c16-12-3-4-13(17)11(7-12)8-15(9-18)5-6-19-14(15)10-1-2-10/h3-4,7,10,14,18H,1-2,5-6,8-9H2. The Kier molecular flexibility index (Phi) is 3.67. The Morgan fingerprint density at radius 1 is 1.42 bits per heavy atom. The smallest absolute Gasteiger partial charge is 0.126 e. The minimum absolute atomic E-state index is 0.0696. The Balaban J connectivity index is 1.87. The van der Waals surface area contributed by atoms with Crippen molar-refractivity contribution < 1.29 is 14.2 Å². The van der Waals surface area contributed by atoms with Gasteiger partial charge in [0.1, 0.15) is 5.82 Å². The van der Waals surface area contributed by atoms with Gasteiger partial charge in [-0.1, -0.05) is 15.9 Å². The van der Waals surface area contributed by atoms with Crippen molar-refractivity contribution in [1.82, 2.24) is 0 Å². The molecule has 19 heavy (non-hydrogen) atoms. The summed E-state index contributed by atoms with van der Waals surface area (Å²) in [5, 5.41) is 9.87. The maximum atomic E-state index is 13.9. The molecule has 1 heterocycles. The number of rotatable bonds is 4. The van der Waals surface area contributed by atoms with Crippen molar-refractivity contribution in [2.45, 2.75) is 31.8 Å². The average molecular weight is 329 g/mol. The molecular weight excluding hydrogens is 311 g/mol. The van der Waals surface area contributed by atoms with Gasteiger partial charge in [-0.2, -0.15) is 0 Å². The Hall–Kier alpha value is -0.450. The molecule has 0 aromatic heterocycles. The van der Waals surface area contributed by atoms with E-state index in [0.717, 1.165) is 10.9 Å². The van der Waals surface area contributed by atoms with Crippen LogP contribution in [0.15, 0.2) is 22.7 Å². The first kappa shape index (κ1) is 13.5. The number of aliphatic hydroxyl groups excluding tert-OH is 1. The van der Waals surface area contributed by atoms with Gasteiger partial charge in [-0.3, -0.25) is 0 Å². The lowest BCUT2D eigenvalue weighted by Crippen LogP contribution is -2.38. The van der Waals surface area contributed by atoms with Crippen LogP contribution in [0, 0.1) is 17.2 Å². The van der Waals surface area contributed by atoms with Gasteiger partial charge in [0.25, 0.3) is 0 Å². The van der Waals surface area contributed by atoms with Crippen LogP contribution in [-0.4, -0.2) is 24.4 Å². The SMILES string of the molecule is OCC1(Cc2cc(Br)ccc2F)CCOC1C1CC1. The van der Waals surface area contributed by atoms with E-state index >= 15 is 0 Å². The fourth-order valence-corrected chi connectivity index (χ4v) is 3.62. The zero-order chi connectivity index (χ0) is 13.5. The van der Waals surface area contributed by atoms with Crippen LogP contribution >= 0.6 is 15.9 Å². The minimum Gasteiger partial charge on any atom is -0.396 e. The second kappa shape index (κ2) is 5.15. The molecular formula is C15H18BrFO2. The topological polar surface area (TPSA) is 29.5 Å². The van der Waals surface area contributed by atoms with E-state index in [1.165, 1.54) is 18.9 Å². The van der Waals surface area contributed by atoms with E-state index in [1.54, 1.807) is 6.07 Å². The molecule has 1 aromatic rings. The normalized spacial score (nSPS) is 30.8. The molecule has 104 valence electrons. The van der Waals surface area contributed by atoms with Crippen molar-refractivity contribution in [2.75, 3.05) is 13.2 Å². The van der Waals surface area contributed by atoms with Gasteiger partial charge in [0, 0.05) is 16.5 Å². The molecule has 0 radical (unpaired) electrons. The van der Waals surface area contributed by atoms with Crippen LogP contribution in [-0.2, 0) is 11.2 Å². The summed E-state index contributed by atoms with van der Waals surface area (Å²) in [4.78, 5) is 0. The third kappa shape index (κ3) is 2.58. The summed E-state index contributed by atoms with van der Waals surface area (Å²) >= 11 is 3.38. The fraction of sp³-hybridized carbons (Fsp3) is 0.600. The van der Waals surface area contributed by atoms with E-state index in [9.17, 15) is 9.50 Å². The molecule has 2 fully saturated rings. The molecule has 2 atom stereocenters. The fourth-order valence-electron chi connectivity index (χ4n) is 3.22. The molecule has 1 saturated heterocycles. The van der Waals surface area contributed by atoms with Crippen LogP contribution in [0.1, 0.15) is 24.8 Å². The summed E-state index contributed by atoms with van der Waals surface area (Å²) in [7, 11) is 0. The van der Waals surface area contributed by atoms with Gasteiger partial charge in [0.15, 0.2) is 0 Å². The molecule has 0 bridgehead atoms. The Labute approximate surface area is 121 Å². The van der Waals surface area contributed by atoms with Gasteiger partial charge >= 0.3 is 0 Å². The Bertz CT molecular complexity index is 475. The van der Waals surface area contributed by atoms with Gasteiger partial charge in [0.05, 0.1) is 12.7 Å². The second-order valence-corrected chi connectivity index (χ2v) is 6.73. The molecule has 1 aliphatic carbocycles. The van der Waals surface area contributed by atoms with Gasteiger partial charge in [-0.25, -0.2) is 4.39 Å². The van der Waals surface area contributed by atoms with Gasteiger partial charge in [-0.05, 0) is 55.4 Å². The molecule has 1 N–H and O–H groups in total. The molecule has 1 saturated carbocycles. The summed E-state index contributed by atoms with van der Waals surface area (Å²) in [6, 6.07) is 5.00. The van der Waals surface area contributed by atoms with Crippen molar-refractivity contribution in [3.63, 3.8) is 0 Å². The van der Waals surface area contributed by atoms with Crippen molar-refractivity contribution in [3.05, 3.63) is 34.1 Å². The Morgan fingerprint density at radius 2 is 2.21 bits per heavy atom. The maximum Gasteiger partial charge on any atom is 0.126 e. The predicted molar refractivity (Wildman–Crippen MR) is 74.4 cm³/mol. The van der Waals surface area contributed by atoms with Crippen LogP contribution in [0.2, 0.25) is 0 Å². The first-order valence-corrected chi connectivity index (χ1v) is 7.60. The third-order valence-electron chi connectivity index (χ3n) is 4.42. The van der Waals surface area contributed by atoms with E-state index in [0.29, 0.717) is 24.5 Å². The van der Waals surface area contributed by atoms with Crippen LogP contribution in [0.3, 0.4) is 0 Å². The highest BCUT2D eigenvalue weighted by Gasteiger charge is 2.50. The number of hydrogen-bond acceptors (Lipinski definition) is 2. The highest BCUT2D eigenvalue weighted by molar-refractivity contribution is 9.10. The monoisotopic (exact) mass is 328 g/mol. The van der Waals surface area contributed by atoms with E-state index < -0.39 is 0 Å². The zero-order valence-electron chi connectivity index (χ0n) is 10.7. The average Bonchev–Trinajstić information content (AvgIpc) is 3.16. The van der Waals surface area contributed by atoms with Crippen molar-refractivity contribution in [1.29, 1.82) is 0 Å². The largest absolute Gasteiger partial charge is 0.396 e. The lowest BCUT2D eigenvalue weighted by molar-refractivity contribution is 0.000207. The van der Waals surface area contributed by atoms with Gasteiger partial charge in [0.2, 0.25) is 0 Å². The quantitative estimate of drug-likeness (QED) is 0.918. The molecule has 4 heteroatoms. The molecule has 1 aliphatic heterocycles. The number of benzene rings is 1. The zero-order valence-corrected chi connectivity index (χ0v) is 12.3. The number of ether oxygens (including phenoxy) is 1. The van der Waals surface area contributed by atoms with Crippen molar-refractivity contribution >= 4 is 15.9 Å². The maximum absolute atomic E-state index is 13.9. The third-order valence-corrected chi connectivity index (χ3v) is 4.91. The van der Waals surface area contributed by atoms with Crippen LogP contribution in [0.5, 0.6) is 0 Å². The molecule has 1 aromatic carbocycles. The number of aliphatic hydroxyl groups is 1. The van der Waals surface area contributed by atoms with Crippen LogP contribution in [0.25, 0.3) is 0 Å². The molecule has 2 aliphatic rings.